The highest BCUT2D eigenvalue weighted by atomic mass is 35.5. The largest absolute Gasteiger partial charge is 0.391 e. The number of carbonyl (C=O) groups excluding carboxylic acids is 2. The van der Waals surface area contributed by atoms with Crippen molar-refractivity contribution in [2.45, 2.75) is 49.3 Å². The third kappa shape index (κ3) is 5.43. The molecule has 2 aliphatic heterocycles. The van der Waals surface area contributed by atoms with Crippen LogP contribution >= 0.6 is 11.6 Å². The van der Waals surface area contributed by atoms with E-state index in [1.165, 1.54) is 28.6 Å². The Morgan fingerprint density at radius 2 is 1.79 bits per heavy atom. The minimum atomic E-state index is -4.00. The topological polar surface area (TPSA) is 107 Å². The molecule has 34 heavy (non-hydrogen) atoms. The van der Waals surface area contributed by atoms with Crippen LogP contribution in [0, 0.1) is 0 Å². The normalized spacial score (nSPS) is 21.4. The number of aliphatic hydroxyl groups is 1. The van der Waals surface area contributed by atoms with E-state index in [1.54, 1.807) is 29.2 Å². The first-order valence-electron chi connectivity index (χ1n) is 11.4. The van der Waals surface area contributed by atoms with Crippen molar-refractivity contribution in [3.05, 3.63) is 64.7 Å². The lowest BCUT2D eigenvalue weighted by Gasteiger charge is -2.29. The Bertz CT molecular complexity index is 1140. The van der Waals surface area contributed by atoms with Gasteiger partial charge in [0.2, 0.25) is 15.9 Å². The van der Waals surface area contributed by atoms with Gasteiger partial charge in [0.15, 0.2) is 0 Å². The van der Waals surface area contributed by atoms with Crippen LogP contribution in [-0.2, 0) is 21.4 Å². The van der Waals surface area contributed by atoms with Crippen LogP contribution in [0.15, 0.2) is 53.4 Å². The highest BCUT2D eigenvalue weighted by Gasteiger charge is 2.36. The minimum Gasteiger partial charge on any atom is -0.391 e. The van der Waals surface area contributed by atoms with E-state index in [0.717, 1.165) is 12.8 Å². The van der Waals surface area contributed by atoms with E-state index in [2.05, 4.69) is 5.32 Å². The second-order valence-corrected chi connectivity index (χ2v) is 11.0. The summed E-state index contributed by atoms with van der Waals surface area (Å²) in [4.78, 5) is 27.1. The van der Waals surface area contributed by atoms with E-state index in [0.29, 0.717) is 48.6 Å². The molecular weight excluding hydrogens is 478 g/mol. The molecule has 0 spiro atoms. The quantitative estimate of drug-likeness (QED) is 0.627. The fourth-order valence-corrected chi connectivity index (χ4v) is 6.08. The zero-order chi connectivity index (χ0) is 24.3. The maximum absolute atomic E-state index is 13.6. The number of carbonyl (C=O) groups is 2. The van der Waals surface area contributed by atoms with Crippen LogP contribution in [0.5, 0.6) is 0 Å². The Balaban J connectivity index is 1.61. The lowest BCUT2D eigenvalue weighted by molar-refractivity contribution is -0.124. The molecule has 0 aliphatic carbocycles. The van der Waals surface area contributed by atoms with Gasteiger partial charge in [0.1, 0.15) is 6.04 Å². The molecule has 2 atom stereocenters. The van der Waals surface area contributed by atoms with Crippen LogP contribution < -0.4 is 5.32 Å². The van der Waals surface area contributed by atoms with Gasteiger partial charge in [-0.05, 0) is 67.6 Å². The summed E-state index contributed by atoms with van der Waals surface area (Å²) in [7, 11) is -4.00. The molecule has 2 saturated heterocycles. The molecule has 2 N–H and O–H groups in total. The van der Waals surface area contributed by atoms with E-state index in [4.69, 9.17) is 11.6 Å². The van der Waals surface area contributed by atoms with Crippen LogP contribution in [-0.4, -0.2) is 66.3 Å². The summed E-state index contributed by atoms with van der Waals surface area (Å²) in [5.41, 5.74) is 1.13. The zero-order valence-electron chi connectivity index (χ0n) is 18.7. The standard InChI is InChI=1S/C24H28ClN3O5S/c25-19-8-10-21(11-9-19)34(32,33)28(22-3-1-2-13-26-23(22)30)15-17-4-6-18(7-5-17)24(31)27-14-12-20(29)16-27/h4-11,20,22,29H,1-3,12-16H2,(H,26,30)/t20?,22-/m1/s1. The summed E-state index contributed by atoms with van der Waals surface area (Å²) in [6.45, 7) is 1.32. The number of nitrogens with zero attached hydrogens (tertiary/aromatic N) is 2. The Kier molecular flexibility index (Phi) is 7.57. The molecule has 8 nitrogen and oxygen atoms in total. The third-order valence-corrected chi connectivity index (χ3v) is 8.38. The Morgan fingerprint density at radius 1 is 1.09 bits per heavy atom. The molecule has 2 aliphatic rings. The maximum atomic E-state index is 13.6. The Morgan fingerprint density at radius 3 is 2.44 bits per heavy atom. The molecule has 2 heterocycles. The first kappa shape index (κ1) is 24.7. The second kappa shape index (κ2) is 10.4. The van der Waals surface area contributed by atoms with E-state index in [-0.39, 0.29) is 23.3 Å². The predicted molar refractivity (Wildman–Crippen MR) is 128 cm³/mol. The van der Waals surface area contributed by atoms with Crippen LogP contribution in [0.4, 0.5) is 0 Å². The van der Waals surface area contributed by atoms with Crippen LogP contribution in [0.25, 0.3) is 0 Å². The molecule has 0 aromatic heterocycles. The summed E-state index contributed by atoms with van der Waals surface area (Å²) in [5, 5.41) is 12.9. The van der Waals surface area contributed by atoms with Crippen molar-refractivity contribution in [2.24, 2.45) is 0 Å². The average molecular weight is 506 g/mol. The lowest BCUT2D eigenvalue weighted by atomic mass is 10.1. The molecule has 0 saturated carbocycles. The fourth-order valence-electron chi connectivity index (χ4n) is 4.34. The number of rotatable bonds is 6. The molecule has 2 aromatic carbocycles. The number of benzene rings is 2. The number of aliphatic hydroxyl groups excluding tert-OH is 1. The van der Waals surface area contributed by atoms with Crippen molar-refractivity contribution >= 4 is 33.4 Å². The summed E-state index contributed by atoms with van der Waals surface area (Å²) in [6, 6.07) is 11.8. The van der Waals surface area contributed by atoms with E-state index in [1.807, 2.05) is 0 Å². The zero-order valence-corrected chi connectivity index (χ0v) is 20.3. The Labute approximate surface area is 204 Å². The van der Waals surface area contributed by atoms with E-state index in [9.17, 15) is 23.1 Å². The van der Waals surface area contributed by atoms with Gasteiger partial charge in [-0.2, -0.15) is 4.31 Å². The molecule has 2 aromatic rings. The molecule has 4 rings (SSSR count). The SMILES string of the molecule is O=C1NCCCC[C@H]1N(Cc1ccc(C(=O)N2CCC(O)C2)cc1)S(=O)(=O)c1ccc(Cl)cc1. The monoisotopic (exact) mass is 505 g/mol. The molecule has 10 heteroatoms. The number of likely N-dealkylation sites (tertiary alicyclic amines) is 1. The molecule has 1 unspecified atom stereocenters. The number of halogens is 1. The summed E-state index contributed by atoms with van der Waals surface area (Å²) in [6.07, 6.45) is 2.00. The summed E-state index contributed by atoms with van der Waals surface area (Å²) < 4.78 is 28.4. The third-order valence-electron chi connectivity index (χ3n) is 6.26. The predicted octanol–water partition coefficient (Wildman–Crippen LogP) is 2.41. The number of hydrogen-bond acceptors (Lipinski definition) is 5. The van der Waals surface area contributed by atoms with Crippen molar-refractivity contribution in [1.29, 1.82) is 0 Å². The average Bonchev–Trinajstić information content (AvgIpc) is 3.15. The highest BCUT2D eigenvalue weighted by molar-refractivity contribution is 7.89. The van der Waals surface area contributed by atoms with Gasteiger partial charge in [0.25, 0.3) is 5.91 Å². The molecule has 182 valence electrons. The minimum absolute atomic E-state index is 0.0139. The highest BCUT2D eigenvalue weighted by Crippen LogP contribution is 2.26. The van der Waals surface area contributed by atoms with Gasteiger partial charge in [0, 0.05) is 36.8 Å². The molecule has 0 bridgehead atoms. The van der Waals surface area contributed by atoms with Gasteiger partial charge < -0.3 is 15.3 Å². The molecular formula is C24H28ClN3O5S. The van der Waals surface area contributed by atoms with E-state index < -0.39 is 22.2 Å². The van der Waals surface area contributed by atoms with Crippen LogP contribution in [0.3, 0.4) is 0 Å². The summed E-state index contributed by atoms with van der Waals surface area (Å²) in [5.74, 6) is -0.480. The van der Waals surface area contributed by atoms with Gasteiger partial charge in [0.05, 0.1) is 11.0 Å². The van der Waals surface area contributed by atoms with Crippen molar-refractivity contribution in [3.8, 4) is 0 Å². The van der Waals surface area contributed by atoms with Crippen molar-refractivity contribution < 1.29 is 23.1 Å². The van der Waals surface area contributed by atoms with Gasteiger partial charge in [-0.1, -0.05) is 23.7 Å². The Hall–Kier alpha value is -2.46. The van der Waals surface area contributed by atoms with Gasteiger partial charge in [-0.15, -0.1) is 0 Å². The number of amides is 2. The fraction of sp³-hybridized carbons (Fsp3) is 0.417. The molecule has 0 radical (unpaired) electrons. The van der Waals surface area contributed by atoms with Crippen molar-refractivity contribution in [3.63, 3.8) is 0 Å². The van der Waals surface area contributed by atoms with Gasteiger partial charge >= 0.3 is 0 Å². The smallest absolute Gasteiger partial charge is 0.253 e. The summed E-state index contributed by atoms with van der Waals surface area (Å²) >= 11 is 5.94. The maximum Gasteiger partial charge on any atom is 0.253 e. The van der Waals surface area contributed by atoms with Crippen molar-refractivity contribution in [1.82, 2.24) is 14.5 Å². The number of nitrogens with one attached hydrogen (secondary N) is 1. The number of hydrogen-bond donors (Lipinski definition) is 2. The number of sulfonamides is 1. The van der Waals surface area contributed by atoms with Crippen molar-refractivity contribution in [2.75, 3.05) is 19.6 Å². The molecule has 2 amide bonds. The second-order valence-electron chi connectivity index (χ2n) is 8.70. The van der Waals surface area contributed by atoms with Crippen LogP contribution in [0.2, 0.25) is 5.02 Å². The lowest BCUT2D eigenvalue weighted by Crippen LogP contribution is -2.48. The van der Waals surface area contributed by atoms with E-state index >= 15 is 0 Å². The first-order valence-corrected chi connectivity index (χ1v) is 13.2. The number of β-amino-alcohol motifs (C(OH)–C–C–N with tert-alkyl or cyclic N) is 1. The van der Waals surface area contributed by atoms with Gasteiger partial charge in [-0.25, -0.2) is 8.42 Å². The molecule has 2 fully saturated rings. The van der Waals surface area contributed by atoms with Crippen LogP contribution in [0.1, 0.15) is 41.6 Å². The first-order chi connectivity index (χ1) is 16.3. The van der Waals surface area contributed by atoms with Gasteiger partial charge in [-0.3, -0.25) is 9.59 Å².